The third-order valence-electron chi connectivity index (χ3n) is 7.90. The molecule has 1 aromatic heterocycles. The number of benzene rings is 2. The van der Waals surface area contributed by atoms with Gasteiger partial charge in [0.2, 0.25) is 29.5 Å². The van der Waals surface area contributed by atoms with Crippen LogP contribution in [-0.4, -0.2) is 107 Å². The molecule has 3 aromatic rings. The number of fused-ring (bicyclic) bond motifs is 1. The molecule has 8 N–H and O–H groups in total. The summed E-state index contributed by atoms with van der Waals surface area (Å²) in [5.74, 6) is -4.51. The lowest BCUT2D eigenvalue weighted by Gasteiger charge is -2.26. The van der Waals surface area contributed by atoms with Crippen LogP contribution in [0.4, 0.5) is 0 Å². The number of hydrogen-bond acceptors (Lipinski definition) is 8. The lowest BCUT2D eigenvalue weighted by atomic mass is 10.0. The highest BCUT2D eigenvalue weighted by molar-refractivity contribution is 7.98. The number of H-pyrrole nitrogens is 1. The summed E-state index contributed by atoms with van der Waals surface area (Å²) in [7, 11) is 1.75. The molecule has 0 saturated carbocycles. The van der Waals surface area contributed by atoms with Gasteiger partial charge < -0.3 is 37.1 Å². The maximum Gasteiger partial charge on any atom is 0.305 e. The van der Waals surface area contributed by atoms with Gasteiger partial charge in [-0.1, -0.05) is 55.5 Å². The number of nitrogens with zero attached hydrogens (tertiary/aromatic N) is 1. The van der Waals surface area contributed by atoms with Crippen molar-refractivity contribution < 1.29 is 33.9 Å². The summed E-state index contributed by atoms with van der Waals surface area (Å²) in [6, 6.07) is 11.4. The van der Waals surface area contributed by atoms with E-state index >= 15 is 0 Å². The second-order valence-corrected chi connectivity index (χ2v) is 12.7. The molecular weight excluding hydrogens is 650 g/mol. The van der Waals surface area contributed by atoms with Crippen LogP contribution in [0.25, 0.3) is 10.9 Å². The van der Waals surface area contributed by atoms with Crippen LogP contribution in [0.1, 0.15) is 30.9 Å². The molecule has 4 unspecified atom stereocenters. The maximum atomic E-state index is 13.7. The van der Waals surface area contributed by atoms with Crippen LogP contribution in [0, 0.1) is 0 Å². The number of para-hydroxylation sites is 1. The summed E-state index contributed by atoms with van der Waals surface area (Å²) in [6.45, 7) is 2.48. The molecule has 1 heterocycles. The van der Waals surface area contributed by atoms with Crippen LogP contribution in [0.3, 0.4) is 0 Å². The SMILES string of the molecule is CCN(C)CC(=O)NC(Cc1c[nH]c2ccccc12)C(=O)NC(CC(=O)O)C(=O)NC(CCSC)C(=O)NC(Cc1ccccc1)C(N)=O. The van der Waals surface area contributed by atoms with E-state index in [-0.39, 0.29) is 25.8 Å². The lowest BCUT2D eigenvalue weighted by Crippen LogP contribution is -2.59. The van der Waals surface area contributed by atoms with Gasteiger partial charge in [-0.25, -0.2) is 0 Å². The number of primary amides is 1. The van der Waals surface area contributed by atoms with Crippen LogP contribution in [0.2, 0.25) is 0 Å². The molecule has 15 heteroatoms. The maximum absolute atomic E-state index is 13.7. The molecule has 14 nitrogen and oxygen atoms in total. The fourth-order valence-electron chi connectivity index (χ4n) is 5.10. The summed E-state index contributed by atoms with van der Waals surface area (Å²) in [5.41, 5.74) is 7.89. The predicted octanol–water partition coefficient (Wildman–Crippen LogP) is 0.557. The summed E-state index contributed by atoms with van der Waals surface area (Å²) < 4.78 is 0. The molecule has 5 amide bonds. The van der Waals surface area contributed by atoms with Gasteiger partial charge in [0.1, 0.15) is 24.2 Å². The Bertz CT molecular complexity index is 1600. The first-order valence-corrected chi connectivity index (χ1v) is 17.3. The molecule has 0 aliphatic rings. The van der Waals surface area contributed by atoms with Crippen LogP contribution in [0.15, 0.2) is 60.8 Å². The van der Waals surface area contributed by atoms with E-state index in [1.165, 1.54) is 11.8 Å². The molecule has 2 aromatic carbocycles. The number of nitrogens with one attached hydrogen (secondary N) is 5. The minimum atomic E-state index is -1.59. The number of rotatable bonds is 20. The third kappa shape index (κ3) is 12.3. The first-order chi connectivity index (χ1) is 23.4. The Balaban J connectivity index is 1.81. The Morgan fingerprint density at radius 2 is 1.45 bits per heavy atom. The normalized spacial score (nSPS) is 13.6. The van der Waals surface area contributed by atoms with E-state index in [2.05, 4.69) is 26.3 Å². The zero-order valence-electron chi connectivity index (χ0n) is 27.9. The molecule has 0 radical (unpaired) electrons. The zero-order valence-corrected chi connectivity index (χ0v) is 28.7. The van der Waals surface area contributed by atoms with Crippen molar-refractivity contribution in [2.45, 2.75) is 56.8 Å². The van der Waals surface area contributed by atoms with E-state index in [4.69, 9.17) is 5.73 Å². The minimum Gasteiger partial charge on any atom is -0.481 e. The zero-order chi connectivity index (χ0) is 35.9. The van der Waals surface area contributed by atoms with Crippen molar-refractivity contribution in [3.05, 3.63) is 71.9 Å². The van der Waals surface area contributed by atoms with Crippen molar-refractivity contribution in [2.75, 3.05) is 32.1 Å². The van der Waals surface area contributed by atoms with Gasteiger partial charge in [0.05, 0.1) is 13.0 Å². The molecule has 0 aliphatic carbocycles. The van der Waals surface area contributed by atoms with E-state index in [0.717, 1.165) is 22.0 Å². The third-order valence-corrected chi connectivity index (χ3v) is 8.55. The van der Waals surface area contributed by atoms with Gasteiger partial charge in [-0.3, -0.25) is 33.7 Å². The smallest absolute Gasteiger partial charge is 0.305 e. The number of aliphatic carboxylic acids is 1. The number of nitrogens with two attached hydrogens (primary N) is 1. The quantitative estimate of drug-likeness (QED) is 0.0878. The molecule has 0 saturated heterocycles. The van der Waals surface area contributed by atoms with Crippen molar-refractivity contribution in [3.8, 4) is 0 Å². The van der Waals surface area contributed by atoms with Crippen LogP contribution >= 0.6 is 11.8 Å². The lowest BCUT2D eigenvalue weighted by molar-refractivity contribution is -0.141. The van der Waals surface area contributed by atoms with E-state index in [0.29, 0.717) is 12.3 Å². The summed E-state index contributed by atoms with van der Waals surface area (Å²) in [5, 5.41) is 20.9. The first kappa shape index (κ1) is 38.6. The largest absolute Gasteiger partial charge is 0.481 e. The number of carboxylic acid groups (broad SMARTS) is 1. The van der Waals surface area contributed by atoms with Gasteiger partial charge in [0.15, 0.2) is 0 Å². The molecule has 0 aliphatic heterocycles. The van der Waals surface area contributed by atoms with Crippen molar-refractivity contribution in [1.29, 1.82) is 0 Å². The predicted molar refractivity (Wildman–Crippen MR) is 187 cm³/mol. The minimum absolute atomic E-state index is 0.00993. The Hall–Kier alpha value is -4.89. The number of amides is 5. The first-order valence-electron chi connectivity index (χ1n) is 15.9. The van der Waals surface area contributed by atoms with Crippen molar-refractivity contribution in [2.24, 2.45) is 5.73 Å². The number of carboxylic acids is 1. The van der Waals surface area contributed by atoms with Gasteiger partial charge in [-0.2, -0.15) is 11.8 Å². The number of hydrogen-bond donors (Lipinski definition) is 7. The standard InChI is InChI=1S/C34H45N7O7S/c1-4-41(2)20-29(42)37-27(17-22-19-36-24-13-9-8-12-23(22)24)33(47)40-28(18-30(43)44)34(48)38-25(14-15-49-3)32(46)39-26(31(35)45)16-21-10-6-5-7-11-21/h5-13,19,25-28,36H,4,14-18,20H2,1-3H3,(H2,35,45)(H,37,42)(H,38,48)(H,39,46)(H,40,47)(H,43,44). The summed E-state index contributed by atoms with van der Waals surface area (Å²) in [6.07, 6.45) is 3.06. The number of aromatic amines is 1. The van der Waals surface area contributed by atoms with Crippen LogP contribution < -0.4 is 27.0 Å². The molecule has 0 bridgehead atoms. The van der Waals surface area contributed by atoms with Crippen LogP contribution in [-0.2, 0) is 41.6 Å². The van der Waals surface area contributed by atoms with Gasteiger partial charge in [0.25, 0.3) is 0 Å². The fraction of sp³-hybridized carbons (Fsp3) is 0.412. The van der Waals surface area contributed by atoms with Gasteiger partial charge in [-0.05, 0) is 49.2 Å². The van der Waals surface area contributed by atoms with E-state index in [9.17, 15) is 33.9 Å². The van der Waals surface area contributed by atoms with E-state index in [1.807, 2.05) is 43.5 Å². The van der Waals surface area contributed by atoms with Gasteiger partial charge in [-0.15, -0.1) is 0 Å². The molecule has 4 atom stereocenters. The Morgan fingerprint density at radius 3 is 2.10 bits per heavy atom. The van der Waals surface area contributed by atoms with Gasteiger partial charge >= 0.3 is 5.97 Å². The number of carbonyl (C=O) groups excluding carboxylic acids is 5. The highest BCUT2D eigenvalue weighted by Crippen LogP contribution is 2.19. The topological polar surface area (TPSA) is 216 Å². The fourth-order valence-corrected chi connectivity index (χ4v) is 5.58. The Kier molecular flexibility index (Phi) is 15.1. The molecule has 0 fully saturated rings. The number of aromatic nitrogens is 1. The average Bonchev–Trinajstić information content (AvgIpc) is 3.48. The van der Waals surface area contributed by atoms with E-state index < -0.39 is 66.1 Å². The Labute approximate surface area is 289 Å². The second kappa shape index (κ2) is 19.2. The van der Waals surface area contributed by atoms with E-state index in [1.54, 1.807) is 42.4 Å². The highest BCUT2D eigenvalue weighted by Gasteiger charge is 2.32. The van der Waals surface area contributed by atoms with Crippen LogP contribution in [0.5, 0.6) is 0 Å². The number of thioether (sulfide) groups is 1. The van der Waals surface area contributed by atoms with Gasteiger partial charge in [0, 0.05) is 29.9 Å². The van der Waals surface area contributed by atoms with Crippen molar-refractivity contribution in [3.63, 3.8) is 0 Å². The summed E-state index contributed by atoms with van der Waals surface area (Å²) in [4.78, 5) is 82.5. The van der Waals surface area contributed by atoms with Crippen molar-refractivity contribution >= 4 is 58.2 Å². The number of carbonyl (C=O) groups is 6. The molecule has 264 valence electrons. The summed E-state index contributed by atoms with van der Waals surface area (Å²) >= 11 is 1.42. The Morgan fingerprint density at radius 1 is 0.837 bits per heavy atom. The number of likely N-dealkylation sites (N-methyl/N-ethyl adjacent to an activating group) is 1. The molecule has 49 heavy (non-hydrogen) atoms. The molecular formula is C34H45N7O7S. The highest BCUT2D eigenvalue weighted by atomic mass is 32.2. The average molecular weight is 696 g/mol. The monoisotopic (exact) mass is 695 g/mol. The van der Waals surface area contributed by atoms with Crippen molar-refractivity contribution in [1.82, 2.24) is 31.2 Å². The second-order valence-electron chi connectivity index (χ2n) is 11.7. The molecule has 0 spiro atoms. The molecule has 3 rings (SSSR count).